The van der Waals surface area contributed by atoms with Crippen LogP contribution in [-0.2, 0) is 11.3 Å². The van der Waals surface area contributed by atoms with Gasteiger partial charge in [0.25, 0.3) is 0 Å². The molecule has 0 spiro atoms. The topological polar surface area (TPSA) is 41.9 Å². The molecule has 4 nitrogen and oxygen atoms in total. The highest BCUT2D eigenvalue weighted by Crippen LogP contribution is 2.29. The van der Waals surface area contributed by atoms with Crippen molar-refractivity contribution in [1.29, 1.82) is 0 Å². The number of hydrogen-bond donors (Lipinski definition) is 1. The number of phenolic OH excluding ortho intramolecular Hbond substituents is 1. The number of nitrogens with zero attached hydrogens (tertiary/aromatic N) is 1. The maximum absolute atomic E-state index is 10.2. The lowest BCUT2D eigenvalue weighted by Gasteiger charge is -2.39. The summed E-state index contributed by atoms with van der Waals surface area (Å²) in [6.45, 7) is 7.59. The van der Waals surface area contributed by atoms with E-state index in [-0.39, 0.29) is 5.60 Å². The SMILES string of the molecule is CCCOc1ccc(CN2CCCC(C)(OC)C2)c(O)c1. The second kappa shape index (κ2) is 7.14. The third-order valence-electron chi connectivity index (χ3n) is 4.15. The minimum absolute atomic E-state index is 0.0714. The van der Waals surface area contributed by atoms with Gasteiger partial charge in [-0.05, 0) is 38.8 Å². The van der Waals surface area contributed by atoms with Crippen LogP contribution in [0.25, 0.3) is 0 Å². The summed E-state index contributed by atoms with van der Waals surface area (Å²) in [4.78, 5) is 2.34. The van der Waals surface area contributed by atoms with E-state index in [0.29, 0.717) is 12.4 Å². The van der Waals surface area contributed by atoms with Gasteiger partial charge in [-0.15, -0.1) is 0 Å². The van der Waals surface area contributed by atoms with Crippen molar-refractivity contribution in [1.82, 2.24) is 4.90 Å². The highest BCUT2D eigenvalue weighted by molar-refractivity contribution is 5.39. The molecule has 2 rings (SSSR count). The van der Waals surface area contributed by atoms with E-state index < -0.39 is 0 Å². The zero-order valence-corrected chi connectivity index (χ0v) is 13.4. The van der Waals surface area contributed by atoms with Crippen molar-refractivity contribution in [3.63, 3.8) is 0 Å². The first-order chi connectivity index (χ1) is 10.1. The molecule has 0 amide bonds. The van der Waals surface area contributed by atoms with Crippen molar-refractivity contribution in [3.05, 3.63) is 23.8 Å². The predicted molar refractivity (Wildman–Crippen MR) is 83.8 cm³/mol. The summed E-state index contributed by atoms with van der Waals surface area (Å²) in [5.74, 6) is 1.05. The van der Waals surface area contributed by atoms with E-state index in [1.807, 2.05) is 12.1 Å². The Morgan fingerprint density at radius 3 is 2.86 bits per heavy atom. The zero-order valence-electron chi connectivity index (χ0n) is 13.4. The molecule has 0 aromatic heterocycles. The van der Waals surface area contributed by atoms with Gasteiger partial charge in [0.15, 0.2) is 0 Å². The lowest BCUT2D eigenvalue weighted by molar-refractivity contribution is -0.0528. The summed E-state index contributed by atoms with van der Waals surface area (Å²) in [6, 6.07) is 5.60. The minimum atomic E-state index is -0.0714. The fourth-order valence-corrected chi connectivity index (χ4v) is 2.84. The Morgan fingerprint density at radius 1 is 1.38 bits per heavy atom. The summed E-state index contributed by atoms with van der Waals surface area (Å²) in [5, 5.41) is 10.2. The van der Waals surface area contributed by atoms with Crippen LogP contribution in [0.2, 0.25) is 0 Å². The summed E-state index contributed by atoms with van der Waals surface area (Å²) in [5.41, 5.74) is 0.872. The van der Waals surface area contributed by atoms with Crippen molar-refractivity contribution in [2.45, 2.75) is 45.3 Å². The van der Waals surface area contributed by atoms with E-state index in [1.54, 1.807) is 13.2 Å². The van der Waals surface area contributed by atoms with Crippen molar-refractivity contribution in [2.75, 3.05) is 26.8 Å². The number of benzene rings is 1. The van der Waals surface area contributed by atoms with E-state index in [4.69, 9.17) is 9.47 Å². The fraction of sp³-hybridized carbons (Fsp3) is 0.647. The Bertz CT molecular complexity index is 463. The maximum Gasteiger partial charge on any atom is 0.123 e. The minimum Gasteiger partial charge on any atom is -0.507 e. The number of ether oxygens (including phenoxy) is 2. The van der Waals surface area contributed by atoms with Crippen LogP contribution in [0.3, 0.4) is 0 Å². The molecule has 1 N–H and O–H groups in total. The first kappa shape index (κ1) is 16.1. The Labute approximate surface area is 127 Å². The van der Waals surface area contributed by atoms with Crippen molar-refractivity contribution >= 4 is 0 Å². The smallest absolute Gasteiger partial charge is 0.123 e. The van der Waals surface area contributed by atoms with E-state index >= 15 is 0 Å². The third-order valence-corrected chi connectivity index (χ3v) is 4.15. The van der Waals surface area contributed by atoms with Gasteiger partial charge < -0.3 is 14.6 Å². The standard InChI is InChI=1S/C17H27NO3/c1-4-10-21-15-7-6-14(16(19)11-15)12-18-9-5-8-17(2,13-18)20-3/h6-7,11,19H,4-5,8-10,12-13H2,1-3H3. The number of phenols is 1. The molecule has 1 aromatic rings. The second-order valence-electron chi connectivity index (χ2n) is 6.11. The van der Waals surface area contributed by atoms with E-state index in [9.17, 15) is 5.11 Å². The normalized spacial score (nSPS) is 23.2. The van der Waals surface area contributed by atoms with Crippen molar-refractivity contribution in [3.8, 4) is 11.5 Å². The van der Waals surface area contributed by atoms with Crippen LogP contribution in [-0.4, -0.2) is 42.4 Å². The molecular formula is C17H27NO3. The third kappa shape index (κ3) is 4.35. The van der Waals surface area contributed by atoms with Crippen LogP contribution in [0.1, 0.15) is 38.7 Å². The first-order valence-electron chi connectivity index (χ1n) is 7.78. The van der Waals surface area contributed by atoms with Gasteiger partial charge in [-0.3, -0.25) is 4.90 Å². The molecule has 0 saturated carbocycles. The van der Waals surface area contributed by atoms with Crippen LogP contribution in [0.5, 0.6) is 11.5 Å². The molecule has 1 heterocycles. The fourth-order valence-electron chi connectivity index (χ4n) is 2.84. The zero-order chi connectivity index (χ0) is 15.3. The number of aromatic hydroxyl groups is 1. The average molecular weight is 293 g/mol. The van der Waals surface area contributed by atoms with Crippen LogP contribution in [0.4, 0.5) is 0 Å². The number of likely N-dealkylation sites (tertiary alicyclic amines) is 1. The molecule has 0 aliphatic carbocycles. The molecule has 4 heteroatoms. The number of methoxy groups -OCH3 is 1. The summed E-state index contributed by atoms with van der Waals surface area (Å²) < 4.78 is 11.2. The largest absolute Gasteiger partial charge is 0.507 e. The summed E-state index contributed by atoms with van der Waals surface area (Å²) in [6.07, 6.45) is 3.18. The summed E-state index contributed by atoms with van der Waals surface area (Å²) in [7, 11) is 1.78. The molecule has 1 unspecified atom stereocenters. The van der Waals surface area contributed by atoms with Crippen LogP contribution in [0, 0.1) is 0 Å². The van der Waals surface area contributed by atoms with Crippen LogP contribution >= 0.6 is 0 Å². The number of piperidine rings is 1. The molecule has 1 fully saturated rings. The van der Waals surface area contributed by atoms with Crippen LogP contribution < -0.4 is 4.74 Å². The molecule has 0 bridgehead atoms. The quantitative estimate of drug-likeness (QED) is 0.874. The molecule has 1 aromatic carbocycles. The molecule has 1 aliphatic heterocycles. The second-order valence-corrected chi connectivity index (χ2v) is 6.11. The Hall–Kier alpha value is -1.26. The van der Waals surface area contributed by atoms with Crippen molar-refractivity contribution in [2.24, 2.45) is 0 Å². The Balaban J connectivity index is 1.99. The van der Waals surface area contributed by atoms with Gasteiger partial charge in [-0.25, -0.2) is 0 Å². The Kier molecular flexibility index (Phi) is 5.48. The van der Waals surface area contributed by atoms with Gasteiger partial charge in [0, 0.05) is 31.8 Å². The lowest BCUT2D eigenvalue weighted by Crippen LogP contribution is -2.46. The number of hydrogen-bond acceptors (Lipinski definition) is 4. The van der Waals surface area contributed by atoms with Gasteiger partial charge in [0.2, 0.25) is 0 Å². The molecule has 118 valence electrons. The van der Waals surface area contributed by atoms with Gasteiger partial charge in [-0.2, -0.15) is 0 Å². The van der Waals surface area contributed by atoms with E-state index in [2.05, 4.69) is 18.7 Å². The van der Waals surface area contributed by atoms with Gasteiger partial charge in [0.1, 0.15) is 11.5 Å². The molecule has 1 saturated heterocycles. The first-order valence-corrected chi connectivity index (χ1v) is 7.78. The van der Waals surface area contributed by atoms with Crippen LogP contribution in [0.15, 0.2) is 18.2 Å². The molecule has 21 heavy (non-hydrogen) atoms. The monoisotopic (exact) mass is 293 g/mol. The van der Waals surface area contributed by atoms with E-state index in [1.165, 1.54) is 0 Å². The summed E-state index contributed by atoms with van der Waals surface area (Å²) >= 11 is 0. The van der Waals surface area contributed by atoms with Gasteiger partial charge in [-0.1, -0.05) is 13.0 Å². The molecular weight excluding hydrogens is 266 g/mol. The van der Waals surface area contributed by atoms with E-state index in [0.717, 1.165) is 50.2 Å². The highest BCUT2D eigenvalue weighted by Gasteiger charge is 2.30. The highest BCUT2D eigenvalue weighted by atomic mass is 16.5. The molecule has 1 atom stereocenters. The lowest BCUT2D eigenvalue weighted by atomic mass is 9.94. The molecule has 1 aliphatic rings. The molecule has 0 radical (unpaired) electrons. The predicted octanol–water partition coefficient (Wildman–Crippen LogP) is 3.18. The van der Waals surface area contributed by atoms with Gasteiger partial charge in [0.05, 0.1) is 12.2 Å². The number of rotatable bonds is 6. The van der Waals surface area contributed by atoms with Gasteiger partial charge >= 0.3 is 0 Å². The Morgan fingerprint density at radius 2 is 2.19 bits per heavy atom. The average Bonchev–Trinajstić information content (AvgIpc) is 2.48. The van der Waals surface area contributed by atoms with Crippen molar-refractivity contribution < 1.29 is 14.6 Å². The maximum atomic E-state index is 10.2.